The van der Waals surface area contributed by atoms with Crippen molar-refractivity contribution >= 4 is 0 Å². The minimum Gasteiger partial charge on any atom is -0.469 e. The first-order chi connectivity index (χ1) is 8.67. The van der Waals surface area contributed by atoms with E-state index in [-0.39, 0.29) is 6.04 Å². The van der Waals surface area contributed by atoms with Gasteiger partial charge in [0.15, 0.2) is 0 Å². The Morgan fingerprint density at radius 2 is 1.89 bits per heavy atom. The zero-order valence-corrected chi connectivity index (χ0v) is 9.70. The first kappa shape index (κ1) is 12.7. The van der Waals surface area contributed by atoms with Crippen LogP contribution in [-0.4, -0.2) is 6.04 Å². The van der Waals surface area contributed by atoms with Gasteiger partial charge < -0.3 is 4.42 Å². The maximum atomic E-state index is 13.0. The topological polar surface area (TPSA) is 51.2 Å². The summed E-state index contributed by atoms with van der Waals surface area (Å²) in [5, 5.41) is 0. The van der Waals surface area contributed by atoms with Crippen LogP contribution in [0.2, 0.25) is 0 Å². The number of rotatable bonds is 5. The van der Waals surface area contributed by atoms with Crippen molar-refractivity contribution in [1.82, 2.24) is 5.43 Å². The van der Waals surface area contributed by atoms with E-state index in [1.807, 2.05) is 6.07 Å². The summed E-state index contributed by atoms with van der Waals surface area (Å²) in [7, 11) is 0. The number of halogens is 2. The van der Waals surface area contributed by atoms with Crippen LogP contribution in [0.25, 0.3) is 0 Å². The fraction of sp³-hybridized carbons (Fsp3) is 0.231. The highest BCUT2D eigenvalue weighted by atomic mass is 19.1. The molecule has 3 nitrogen and oxygen atoms in total. The lowest BCUT2D eigenvalue weighted by Crippen LogP contribution is -2.38. The van der Waals surface area contributed by atoms with Gasteiger partial charge in [0, 0.05) is 18.5 Å². The predicted octanol–water partition coefficient (Wildman–Crippen LogP) is 2.17. The van der Waals surface area contributed by atoms with Gasteiger partial charge in [0.25, 0.3) is 0 Å². The van der Waals surface area contributed by atoms with E-state index in [4.69, 9.17) is 10.3 Å². The SMILES string of the molecule is NNC(Cc1cc(F)cc(F)c1)Cc1ccco1. The van der Waals surface area contributed by atoms with Gasteiger partial charge in [-0.15, -0.1) is 0 Å². The number of hydrazine groups is 1. The minimum atomic E-state index is -0.584. The number of nitrogens with two attached hydrogens (primary N) is 1. The van der Waals surface area contributed by atoms with Crippen molar-refractivity contribution in [2.24, 2.45) is 5.84 Å². The zero-order valence-electron chi connectivity index (χ0n) is 9.70. The number of benzene rings is 1. The normalized spacial score (nSPS) is 12.6. The number of hydrogen-bond acceptors (Lipinski definition) is 3. The van der Waals surface area contributed by atoms with Crippen LogP contribution in [0, 0.1) is 11.6 Å². The quantitative estimate of drug-likeness (QED) is 0.633. The van der Waals surface area contributed by atoms with Gasteiger partial charge in [-0.05, 0) is 36.2 Å². The molecule has 0 saturated heterocycles. The minimum absolute atomic E-state index is 0.141. The molecule has 1 heterocycles. The lowest BCUT2D eigenvalue weighted by molar-refractivity contribution is 0.443. The van der Waals surface area contributed by atoms with Crippen molar-refractivity contribution in [1.29, 1.82) is 0 Å². The Kier molecular flexibility index (Phi) is 4.07. The van der Waals surface area contributed by atoms with Crippen molar-refractivity contribution in [2.45, 2.75) is 18.9 Å². The largest absolute Gasteiger partial charge is 0.469 e. The molecule has 1 aromatic heterocycles. The van der Waals surface area contributed by atoms with Gasteiger partial charge in [0.2, 0.25) is 0 Å². The van der Waals surface area contributed by atoms with Crippen LogP contribution >= 0.6 is 0 Å². The van der Waals surface area contributed by atoms with E-state index >= 15 is 0 Å². The molecule has 96 valence electrons. The Morgan fingerprint density at radius 1 is 1.17 bits per heavy atom. The molecule has 0 radical (unpaired) electrons. The van der Waals surface area contributed by atoms with E-state index in [0.717, 1.165) is 11.8 Å². The fourth-order valence-electron chi connectivity index (χ4n) is 1.87. The maximum absolute atomic E-state index is 13.0. The Morgan fingerprint density at radius 3 is 2.44 bits per heavy atom. The van der Waals surface area contributed by atoms with Crippen LogP contribution in [0.5, 0.6) is 0 Å². The second-order valence-corrected chi connectivity index (χ2v) is 4.13. The molecule has 2 aromatic rings. The smallest absolute Gasteiger partial charge is 0.126 e. The molecule has 0 aliphatic heterocycles. The molecular formula is C13H14F2N2O. The van der Waals surface area contributed by atoms with Gasteiger partial charge in [0.1, 0.15) is 17.4 Å². The molecule has 18 heavy (non-hydrogen) atoms. The fourth-order valence-corrected chi connectivity index (χ4v) is 1.87. The second kappa shape index (κ2) is 5.75. The molecule has 5 heteroatoms. The van der Waals surface area contributed by atoms with Crippen LogP contribution in [0.4, 0.5) is 8.78 Å². The van der Waals surface area contributed by atoms with Crippen LogP contribution in [0.15, 0.2) is 41.0 Å². The zero-order chi connectivity index (χ0) is 13.0. The molecule has 0 amide bonds. The summed E-state index contributed by atoms with van der Waals surface area (Å²) in [5.41, 5.74) is 3.18. The van der Waals surface area contributed by atoms with E-state index < -0.39 is 11.6 Å². The average Bonchev–Trinajstić information content (AvgIpc) is 2.79. The number of furan rings is 1. The molecule has 1 atom stereocenters. The van der Waals surface area contributed by atoms with Gasteiger partial charge in [-0.25, -0.2) is 8.78 Å². The molecule has 1 aromatic carbocycles. The third-order valence-corrected chi connectivity index (χ3v) is 2.67. The molecule has 1 unspecified atom stereocenters. The summed E-state index contributed by atoms with van der Waals surface area (Å²) in [6.07, 6.45) is 2.55. The van der Waals surface area contributed by atoms with Crippen molar-refractivity contribution in [2.75, 3.05) is 0 Å². The molecule has 3 N–H and O–H groups in total. The molecule has 0 saturated carbocycles. The van der Waals surface area contributed by atoms with Gasteiger partial charge in [0.05, 0.1) is 6.26 Å². The highest BCUT2D eigenvalue weighted by Gasteiger charge is 2.12. The van der Waals surface area contributed by atoms with E-state index in [0.29, 0.717) is 18.4 Å². The molecule has 0 aliphatic carbocycles. The van der Waals surface area contributed by atoms with Crippen molar-refractivity contribution in [3.63, 3.8) is 0 Å². The highest BCUT2D eigenvalue weighted by molar-refractivity contribution is 5.19. The lowest BCUT2D eigenvalue weighted by atomic mass is 10.0. The third-order valence-electron chi connectivity index (χ3n) is 2.67. The van der Waals surface area contributed by atoms with Crippen molar-refractivity contribution < 1.29 is 13.2 Å². The first-order valence-corrected chi connectivity index (χ1v) is 5.61. The molecule has 0 aliphatic rings. The van der Waals surface area contributed by atoms with E-state index in [1.165, 1.54) is 12.1 Å². The molecule has 0 fully saturated rings. The van der Waals surface area contributed by atoms with Crippen LogP contribution < -0.4 is 11.3 Å². The average molecular weight is 252 g/mol. The van der Waals surface area contributed by atoms with Gasteiger partial charge in [-0.3, -0.25) is 11.3 Å². The number of nitrogens with one attached hydrogen (secondary N) is 1. The summed E-state index contributed by atoms with van der Waals surface area (Å²) in [6, 6.07) is 6.92. The Labute approximate surface area is 104 Å². The molecule has 0 bridgehead atoms. The molecule has 2 rings (SSSR count). The van der Waals surface area contributed by atoms with Gasteiger partial charge in [-0.1, -0.05) is 0 Å². The Balaban J connectivity index is 2.05. The summed E-state index contributed by atoms with van der Waals surface area (Å²) in [4.78, 5) is 0. The maximum Gasteiger partial charge on any atom is 0.126 e. The highest BCUT2D eigenvalue weighted by Crippen LogP contribution is 2.12. The summed E-state index contributed by atoms with van der Waals surface area (Å²) in [6.45, 7) is 0. The molecule has 0 spiro atoms. The summed E-state index contributed by atoms with van der Waals surface area (Å²) >= 11 is 0. The second-order valence-electron chi connectivity index (χ2n) is 4.13. The summed E-state index contributed by atoms with van der Waals surface area (Å²) < 4.78 is 31.3. The monoisotopic (exact) mass is 252 g/mol. The summed E-state index contributed by atoms with van der Waals surface area (Å²) in [5.74, 6) is 5.04. The van der Waals surface area contributed by atoms with E-state index in [1.54, 1.807) is 12.3 Å². The van der Waals surface area contributed by atoms with E-state index in [2.05, 4.69) is 5.43 Å². The Bertz CT molecular complexity index is 479. The van der Waals surface area contributed by atoms with Gasteiger partial charge in [-0.2, -0.15) is 0 Å². The predicted molar refractivity (Wildman–Crippen MR) is 63.6 cm³/mol. The van der Waals surface area contributed by atoms with Crippen LogP contribution in [-0.2, 0) is 12.8 Å². The molecular weight excluding hydrogens is 238 g/mol. The van der Waals surface area contributed by atoms with Gasteiger partial charge >= 0.3 is 0 Å². The van der Waals surface area contributed by atoms with E-state index in [9.17, 15) is 8.78 Å². The third kappa shape index (κ3) is 3.38. The van der Waals surface area contributed by atoms with Crippen LogP contribution in [0.1, 0.15) is 11.3 Å². The number of hydrogen-bond donors (Lipinski definition) is 2. The Hall–Kier alpha value is -1.72. The first-order valence-electron chi connectivity index (χ1n) is 5.61. The van der Waals surface area contributed by atoms with Crippen molar-refractivity contribution in [3.05, 3.63) is 59.6 Å². The van der Waals surface area contributed by atoms with Crippen molar-refractivity contribution in [3.8, 4) is 0 Å². The lowest BCUT2D eigenvalue weighted by Gasteiger charge is -2.14. The standard InChI is InChI=1S/C13H14F2N2O/c14-10-4-9(5-11(15)7-10)6-12(17-16)8-13-2-1-3-18-13/h1-5,7,12,17H,6,8,16H2. The van der Waals surface area contributed by atoms with Crippen LogP contribution in [0.3, 0.4) is 0 Å².